The number of carbonyl (C=O) groups is 1. The molecule has 30 heavy (non-hydrogen) atoms. The van der Waals surface area contributed by atoms with Crippen molar-refractivity contribution < 1.29 is 14.5 Å². The third kappa shape index (κ3) is 3.15. The Morgan fingerprint density at radius 2 is 1.93 bits per heavy atom. The Morgan fingerprint density at radius 3 is 2.73 bits per heavy atom. The molecule has 0 radical (unpaired) electrons. The molecule has 2 aliphatic heterocycles. The normalized spacial score (nSPS) is 24.7. The molecular weight excluding hydrogens is 382 g/mol. The van der Waals surface area contributed by atoms with Crippen LogP contribution in [0.3, 0.4) is 0 Å². The van der Waals surface area contributed by atoms with E-state index >= 15 is 0 Å². The average molecular weight is 405 g/mol. The van der Waals surface area contributed by atoms with Crippen LogP contribution in [0.2, 0.25) is 0 Å². The molecule has 1 amide bonds. The zero-order valence-electron chi connectivity index (χ0n) is 16.5. The van der Waals surface area contributed by atoms with Crippen LogP contribution in [0.1, 0.15) is 39.9 Å². The number of hydrogen-bond donors (Lipinski definition) is 1. The summed E-state index contributed by atoms with van der Waals surface area (Å²) in [7, 11) is 0. The lowest BCUT2D eigenvalue weighted by molar-refractivity contribution is -0.385. The van der Waals surface area contributed by atoms with E-state index in [2.05, 4.69) is 17.5 Å². The van der Waals surface area contributed by atoms with E-state index in [4.69, 9.17) is 4.74 Å². The monoisotopic (exact) mass is 405 g/mol. The van der Waals surface area contributed by atoms with E-state index in [1.807, 2.05) is 35.2 Å². The molecule has 2 aromatic rings. The maximum atomic E-state index is 12.9. The summed E-state index contributed by atoms with van der Waals surface area (Å²) in [6, 6.07) is 12.6. The van der Waals surface area contributed by atoms with Crippen LogP contribution in [0.5, 0.6) is 0 Å². The van der Waals surface area contributed by atoms with Crippen LogP contribution in [0.25, 0.3) is 0 Å². The molecule has 154 valence electrons. The van der Waals surface area contributed by atoms with Crippen molar-refractivity contribution in [3.63, 3.8) is 0 Å². The highest BCUT2D eigenvalue weighted by molar-refractivity contribution is 5.95. The molecule has 3 unspecified atom stereocenters. The van der Waals surface area contributed by atoms with Gasteiger partial charge in [0.2, 0.25) is 0 Å². The third-order valence-corrected chi connectivity index (χ3v) is 6.38. The van der Waals surface area contributed by atoms with Crippen molar-refractivity contribution >= 4 is 17.3 Å². The highest BCUT2D eigenvalue weighted by Crippen LogP contribution is 2.51. The van der Waals surface area contributed by atoms with Crippen LogP contribution in [-0.2, 0) is 4.74 Å². The van der Waals surface area contributed by atoms with E-state index in [0.717, 1.165) is 17.7 Å². The fourth-order valence-electron chi connectivity index (χ4n) is 4.90. The molecule has 0 spiro atoms. The molecule has 0 bridgehead atoms. The molecule has 1 aliphatic carbocycles. The SMILES string of the molecule is O=C(c1ccc2c(c1)C1C=CCC1C(c1ccccc1[N+](=O)[O-])N2)N1CCOCC1. The number of allylic oxidation sites excluding steroid dienone is 2. The van der Waals surface area contributed by atoms with Gasteiger partial charge in [-0.15, -0.1) is 0 Å². The number of nitro groups is 1. The summed E-state index contributed by atoms with van der Waals surface area (Å²) in [4.78, 5) is 26.0. The lowest BCUT2D eigenvalue weighted by atomic mass is 9.76. The standard InChI is InChI=1S/C23H23N3O4/c27-23(25-10-12-30-13-11-25)15-8-9-20-19(14-15)16-5-3-6-17(16)22(24-20)18-4-1-2-7-21(18)26(28)29/h1-5,7-9,14,16-17,22,24H,6,10-13H2. The van der Waals surface area contributed by atoms with E-state index in [0.29, 0.717) is 37.4 Å². The first-order chi connectivity index (χ1) is 14.6. The number of hydrogen-bond acceptors (Lipinski definition) is 5. The van der Waals surface area contributed by atoms with Crippen molar-refractivity contribution in [1.29, 1.82) is 0 Å². The minimum Gasteiger partial charge on any atom is -0.378 e. The van der Waals surface area contributed by atoms with E-state index in [9.17, 15) is 14.9 Å². The molecule has 5 rings (SSSR count). The van der Waals surface area contributed by atoms with Gasteiger partial charge in [0.1, 0.15) is 0 Å². The highest BCUT2D eigenvalue weighted by Gasteiger charge is 2.40. The maximum Gasteiger partial charge on any atom is 0.274 e. The van der Waals surface area contributed by atoms with Gasteiger partial charge in [-0.2, -0.15) is 0 Å². The smallest absolute Gasteiger partial charge is 0.274 e. The van der Waals surface area contributed by atoms with Crippen LogP contribution in [-0.4, -0.2) is 42.0 Å². The molecule has 3 atom stereocenters. The first kappa shape index (κ1) is 18.8. The Hall–Kier alpha value is -3.19. The fourth-order valence-corrected chi connectivity index (χ4v) is 4.90. The minimum absolute atomic E-state index is 0.0282. The summed E-state index contributed by atoms with van der Waals surface area (Å²) in [5.41, 5.74) is 3.55. The summed E-state index contributed by atoms with van der Waals surface area (Å²) < 4.78 is 5.35. The molecule has 2 aromatic carbocycles. The van der Waals surface area contributed by atoms with Crippen molar-refractivity contribution in [3.05, 3.63) is 81.4 Å². The van der Waals surface area contributed by atoms with Gasteiger partial charge in [0.15, 0.2) is 0 Å². The van der Waals surface area contributed by atoms with Crippen LogP contribution in [0.15, 0.2) is 54.6 Å². The minimum atomic E-state index is -0.311. The molecule has 7 nitrogen and oxygen atoms in total. The first-order valence-corrected chi connectivity index (χ1v) is 10.3. The molecule has 3 aliphatic rings. The largest absolute Gasteiger partial charge is 0.378 e. The van der Waals surface area contributed by atoms with Gasteiger partial charge in [0.05, 0.1) is 29.7 Å². The van der Waals surface area contributed by atoms with E-state index < -0.39 is 0 Å². The Labute approximate surface area is 174 Å². The molecular formula is C23H23N3O4. The number of carbonyl (C=O) groups excluding carboxylic acids is 1. The predicted molar refractivity (Wildman–Crippen MR) is 113 cm³/mol. The predicted octanol–water partition coefficient (Wildman–Crippen LogP) is 3.89. The second-order valence-electron chi connectivity index (χ2n) is 8.00. The number of para-hydroxylation sites is 1. The van der Waals surface area contributed by atoms with E-state index in [-0.39, 0.29) is 34.4 Å². The van der Waals surface area contributed by atoms with Crippen LogP contribution in [0, 0.1) is 16.0 Å². The molecule has 7 heteroatoms. The highest BCUT2D eigenvalue weighted by atomic mass is 16.6. The van der Waals surface area contributed by atoms with Gasteiger partial charge in [0.25, 0.3) is 11.6 Å². The Bertz CT molecular complexity index is 1030. The Kier molecular flexibility index (Phi) is 4.75. The van der Waals surface area contributed by atoms with Crippen molar-refractivity contribution in [2.45, 2.75) is 18.4 Å². The van der Waals surface area contributed by atoms with Crippen molar-refractivity contribution in [3.8, 4) is 0 Å². The maximum absolute atomic E-state index is 12.9. The van der Waals surface area contributed by atoms with Crippen molar-refractivity contribution in [2.24, 2.45) is 5.92 Å². The second-order valence-corrected chi connectivity index (χ2v) is 8.00. The number of nitrogens with one attached hydrogen (secondary N) is 1. The lowest BCUT2D eigenvalue weighted by Gasteiger charge is -2.37. The van der Waals surface area contributed by atoms with Crippen molar-refractivity contribution in [2.75, 3.05) is 31.6 Å². The zero-order valence-corrected chi connectivity index (χ0v) is 16.5. The van der Waals surface area contributed by atoms with Crippen molar-refractivity contribution in [1.82, 2.24) is 4.90 Å². The number of morpholine rings is 1. The molecule has 1 fully saturated rings. The van der Waals surface area contributed by atoms with Gasteiger partial charge >= 0.3 is 0 Å². The van der Waals surface area contributed by atoms with E-state index in [1.165, 1.54) is 0 Å². The number of amides is 1. The number of rotatable bonds is 3. The average Bonchev–Trinajstić information content (AvgIpc) is 3.28. The molecule has 1 N–H and O–H groups in total. The van der Waals surface area contributed by atoms with Gasteiger partial charge in [-0.25, -0.2) is 0 Å². The number of anilines is 1. The van der Waals surface area contributed by atoms with Gasteiger partial charge < -0.3 is 15.0 Å². The quantitative estimate of drug-likeness (QED) is 0.476. The Morgan fingerprint density at radius 1 is 1.13 bits per heavy atom. The second kappa shape index (κ2) is 7.57. The fraction of sp³-hybridized carbons (Fsp3) is 0.348. The number of nitrogens with zero attached hydrogens (tertiary/aromatic N) is 2. The van der Waals surface area contributed by atoms with Crippen LogP contribution >= 0.6 is 0 Å². The zero-order chi connectivity index (χ0) is 20.7. The number of nitro benzene ring substituents is 1. The molecule has 2 heterocycles. The molecule has 1 saturated heterocycles. The van der Waals surface area contributed by atoms with Gasteiger partial charge in [-0.05, 0) is 36.1 Å². The summed E-state index contributed by atoms with van der Waals surface area (Å²) in [5.74, 6) is 0.330. The Balaban J connectivity index is 1.50. The summed E-state index contributed by atoms with van der Waals surface area (Å²) in [6.07, 6.45) is 5.16. The van der Waals surface area contributed by atoms with Crippen LogP contribution < -0.4 is 5.32 Å². The van der Waals surface area contributed by atoms with Gasteiger partial charge in [0, 0.05) is 36.3 Å². The first-order valence-electron chi connectivity index (χ1n) is 10.3. The van der Waals surface area contributed by atoms with Gasteiger partial charge in [-0.3, -0.25) is 14.9 Å². The number of benzene rings is 2. The summed E-state index contributed by atoms with van der Waals surface area (Å²) in [6.45, 7) is 2.37. The third-order valence-electron chi connectivity index (χ3n) is 6.38. The topological polar surface area (TPSA) is 84.7 Å². The lowest BCUT2D eigenvalue weighted by Crippen LogP contribution is -2.40. The van der Waals surface area contributed by atoms with Crippen LogP contribution in [0.4, 0.5) is 11.4 Å². The molecule has 0 saturated carbocycles. The number of ether oxygens (including phenoxy) is 1. The number of fused-ring (bicyclic) bond motifs is 3. The van der Waals surface area contributed by atoms with Gasteiger partial charge in [-0.1, -0.05) is 30.4 Å². The molecule has 0 aromatic heterocycles. The summed E-state index contributed by atoms with van der Waals surface area (Å²) >= 11 is 0. The van der Waals surface area contributed by atoms with E-state index in [1.54, 1.807) is 12.1 Å². The summed E-state index contributed by atoms with van der Waals surface area (Å²) in [5, 5.41) is 15.1.